The molecule has 4 amide bonds. The maximum Gasteiger partial charge on any atom is 0.335 e. The molecule has 3 aromatic rings. The van der Waals surface area contributed by atoms with Gasteiger partial charge in [-0.2, -0.15) is 0 Å². The van der Waals surface area contributed by atoms with Crippen LogP contribution in [-0.2, 0) is 9.59 Å². The molecule has 1 N–H and O–H groups in total. The highest BCUT2D eigenvalue weighted by Gasteiger charge is 2.37. The van der Waals surface area contributed by atoms with E-state index < -0.39 is 22.8 Å². The Bertz CT molecular complexity index is 1310. The lowest BCUT2D eigenvalue weighted by Gasteiger charge is -2.26. The lowest BCUT2D eigenvalue weighted by atomic mass is 10.1. The number of hydrogen-bond donors (Lipinski definition) is 1. The standard InChI is InChI=1S/C23H18N4O5/c1-14-11-16(15(2)25(14)18-9-6-10-19(13-18)27(31)32)12-20-21(28)24-23(30)26(22(20)29)17-7-4-3-5-8-17/h3-13H,1-2H3,(H,24,28,30)/b20-12-. The number of anilines is 1. The molecule has 4 rings (SSSR count). The van der Waals surface area contributed by atoms with Crippen LogP contribution in [-0.4, -0.2) is 27.3 Å². The molecule has 0 radical (unpaired) electrons. The molecule has 160 valence electrons. The third kappa shape index (κ3) is 3.56. The number of barbiturate groups is 1. The van der Waals surface area contributed by atoms with Crippen molar-refractivity contribution >= 4 is 35.3 Å². The third-order valence-electron chi connectivity index (χ3n) is 5.18. The summed E-state index contributed by atoms with van der Waals surface area (Å²) in [4.78, 5) is 49.4. The van der Waals surface area contributed by atoms with Gasteiger partial charge in [0, 0.05) is 23.5 Å². The highest BCUT2D eigenvalue weighted by atomic mass is 16.6. The Labute approximate surface area is 182 Å². The second kappa shape index (κ2) is 7.95. The maximum atomic E-state index is 13.0. The van der Waals surface area contributed by atoms with E-state index >= 15 is 0 Å². The predicted molar refractivity (Wildman–Crippen MR) is 117 cm³/mol. The van der Waals surface area contributed by atoms with E-state index in [1.165, 1.54) is 18.2 Å². The molecular weight excluding hydrogens is 412 g/mol. The van der Waals surface area contributed by atoms with Crippen LogP contribution in [0.4, 0.5) is 16.2 Å². The fraction of sp³-hybridized carbons (Fsp3) is 0.0870. The van der Waals surface area contributed by atoms with Crippen molar-refractivity contribution in [3.63, 3.8) is 0 Å². The Hall–Kier alpha value is -4.53. The Morgan fingerprint density at radius 1 is 0.938 bits per heavy atom. The van der Waals surface area contributed by atoms with Crippen molar-refractivity contribution in [2.75, 3.05) is 4.90 Å². The van der Waals surface area contributed by atoms with Gasteiger partial charge in [0.25, 0.3) is 17.5 Å². The number of rotatable bonds is 4. The van der Waals surface area contributed by atoms with E-state index in [-0.39, 0.29) is 11.3 Å². The van der Waals surface area contributed by atoms with Crippen molar-refractivity contribution in [1.29, 1.82) is 0 Å². The number of carbonyl (C=O) groups excluding carboxylic acids is 3. The molecule has 0 saturated carbocycles. The predicted octanol–water partition coefficient (Wildman–Crippen LogP) is 3.67. The summed E-state index contributed by atoms with van der Waals surface area (Å²) in [6.07, 6.45) is 1.43. The topological polar surface area (TPSA) is 115 Å². The number of nitrogens with one attached hydrogen (secondary N) is 1. The summed E-state index contributed by atoms with van der Waals surface area (Å²) >= 11 is 0. The number of nitrogens with zero attached hydrogens (tertiary/aromatic N) is 3. The Morgan fingerprint density at radius 3 is 2.31 bits per heavy atom. The minimum absolute atomic E-state index is 0.0474. The SMILES string of the molecule is Cc1cc(/C=C2/C(=O)NC(=O)N(c3ccccc3)C2=O)c(C)n1-c1cccc([N+](=O)[O-])c1. The molecule has 0 atom stereocenters. The summed E-state index contributed by atoms with van der Waals surface area (Å²) in [5, 5.41) is 13.3. The molecule has 9 heteroatoms. The van der Waals surface area contributed by atoms with Crippen LogP contribution in [0.5, 0.6) is 0 Å². The summed E-state index contributed by atoms with van der Waals surface area (Å²) in [7, 11) is 0. The number of amides is 4. The van der Waals surface area contributed by atoms with Crippen LogP contribution >= 0.6 is 0 Å². The molecule has 32 heavy (non-hydrogen) atoms. The fourth-order valence-electron chi connectivity index (χ4n) is 3.70. The fourth-order valence-corrected chi connectivity index (χ4v) is 3.70. The van der Waals surface area contributed by atoms with Gasteiger partial charge in [0.2, 0.25) is 0 Å². The zero-order valence-corrected chi connectivity index (χ0v) is 17.2. The van der Waals surface area contributed by atoms with Gasteiger partial charge in [-0.3, -0.25) is 25.0 Å². The van der Waals surface area contributed by atoms with Crippen LogP contribution < -0.4 is 10.2 Å². The van der Waals surface area contributed by atoms with Gasteiger partial charge < -0.3 is 4.57 Å². The summed E-state index contributed by atoms with van der Waals surface area (Å²) < 4.78 is 1.80. The first-order chi connectivity index (χ1) is 15.3. The van der Waals surface area contributed by atoms with E-state index in [1.54, 1.807) is 60.0 Å². The Morgan fingerprint density at radius 2 is 1.62 bits per heavy atom. The Kier molecular flexibility index (Phi) is 5.15. The number of nitro groups is 1. The average molecular weight is 430 g/mol. The van der Waals surface area contributed by atoms with Gasteiger partial charge in [-0.05, 0) is 49.8 Å². The van der Waals surface area contributed by atoms with E-state index in [9.17, 15) is 24.5 Å². The summed E-state index contributed by atoms with van der Waals surface area (Å²) in [6, 6.07) is 15.4. The van der Waals surface area contributed by atoms with E-state index in [0.717, 1.165) is 10.6 Å². The van der Waals surface area contributed by atoms with Crippen molar-refractivity contribution in [2.24, 2.45) is 0 Å². The monoisotopic (exact) mass is 430 g/mol. The minimum atomic E-state index is -0.814. The number of aryl methyl sites for hydroxylation is 1. The molecule has 1 aliphatic heterocycles. The molecule has 0 unspecified atom stereocenters. The van der Waals surface area contributed by atoms with Gasteiger partial charge in [-0.1, -0.05) is 24.3 Å². The molecule has 2 heterocycles. The summed E-state index contributed by atoms with van der Waals surface area (Å²) in [5.74, 6) is -1.52. The average Bonchev–Trinajstić information content (AvgIpc) is 3.04. The zero-order chi connectivity index (χ0) is 23.0. The van der Waals surface area contributed by atoms with Crippen molar-refractivity contribution in [1.82, 2.24) is 9.88 Å². The number of imide groups is 2. The molecule has 1 saturated heterocycles. The number of hydrogen-bond acceptors (Lipinski definition) is 5. The number of urea groups is 1. The molecule has 2 aromatic carbocycles. The maximum absolute atomic E-state index is 13.0. The second-order valence-corrected chi connectivity index (χ2v) is 7.23. The van der Waals surface area contributed by atoms with E-state index in [4.69, 9.17) is 0 Å². The normalized spacial score (nSPS) is 15.2. The first kappa shape index (κ1) is 20.7. The molecule has 1 fully saturated rings. The Balaban J connectivity index is 1.77. The molecule has 1 aromatic heterocycles. The molecule has 0 bridgehead atoms. The number of aromatic nitrogens is 1. The van der Waals surface area contributed by atoms with E-state index in [0.29, 0.717) is 22.6 Å². The van der Waals surface area contributed by atoms with Crippen molar-refractivity contribution in [2.45, 2.75) is 13.8 Å². The number of non-ortho nitro benzene ring substituents is 1. The van der Waals surface area contributed by atoms with Crippen LogP contribution in [0.25, 0.3) is 11.8 Å². The minimum Gasteiger partial charge on any atom is -0.318 e. The van der Waals surface area contributed by atoms with Gasteiger partial charge in [0.05, 0.1) is 16.3 Å². The van der Waals surface area contributed by atoms with E-state index in [1.807, 2.05) is 6.92 Å². The third-order valence-corrected chi connectivity index (χ3v) is 5.18. The van der Waals surface area contributed by atoms with Crippen LogP contribution in [0.15, 0.2) is 66.2 Å². The first-order valence-electron chi connectivity index (χ1n) is 9.68. The number of nitro benzene ring substituents is 1. The van der Waals surface area contributed by atoms with Crippen molar-refractivity contribution in [3.8, 4) is 5.69 Å². The highest BCUT2D eigenvalue weighted by molar-refractivity contribution is 6.39. The molecule has 0 spiro atoms. The molecule has 0 aliphatic carbocycles. The van der Waals surface area contributed by atoms with E-state index in [2.05, 4.69) is 5.32 Å². The quantitative estimate of drug-likeness (QED) is 0.294. The van der Waals surface area contributed by atoms with Gasteiger partial charge in [-0.25, -0.2) is 9.69 Å². The van der Waals surface area contributed by atoms with Crippen LogP contribution in [0.3, 0.4) is 0 Å². The van der Waals surface area contributed by atoms with Crippen molar-refractivity contribution in [3.05, 3.63) is 93.3 Å². The van der Waals surface area contributed by atoms with Crippen LogP contribution in [0.1, 0.15) is 17.0 Å². The van der Waals surface area contributed by atoms with Gasteiger partial charge >= 0.3 is 6.03 Å². The molecule has 1 aliphatic rings. The van der Waals surface area contributed by atoms with Gasteiger partial charge in [0.15, 0.2) is 0 Å². The smallest absolute Gasteiger partial charge is 0.318 e. The molecule has 9 nitrogen and oxygen atoms in total. The first-order valence-corrected chi connectivity index (χ1v) is 9.68. The van der Waals surface area contributed by atoms with Crippen LogP contribution in [0, 0.1) is 24.0 Å². The van der Waals surface area contributed by atoms with Gasteiger partial charge in [0.1, 0.15) is 5.57 Å². The number of benzene rings is 2. The molecular formula is C23H18N4O5. The second-order valence-electron chi connectivity index (χ2n) is 7.23. The van der Waals surface area contributed by atoms with Crippen LogP contribution in [0.2, 0.25) is 0 Å². The summed E-state index contributed by atoms with van der Waals surface area (Å²) in [5.41, 5.74) is 2.71. The lowest BCUT2D eigenvalue weighted by Crippen LogP contribution is -2.54. The van der Waals surface area contributed by atoms with Crippen molar-refractivity contribution < 1.29 is 19.3 Å². The lowest BCUT2D eigenvalue weighted by molar-refractivity contribution is -0.384. The largest absolute Gasteiger partial charge is 0.335 e. The highest BCUT2D eigenvalue weighted by Crippen LogP contribution is 2.27. The van der Waals surface area contributed by atoms with Gasteiger partial charge in [-0.15, -0.1) is 0 Å². The summed E-state index contributed by atoms with van der Waals surface area (Å²) in [6.45, 7) is 3.60. The zero-order valence-electron chi connectivity index (χ0n) is 17.2. The number of carbonyl (C=O) groups is 3. The number of para-hydroxylation sites is 1.